The molecule has 92 valence electrons. The van der Waals surface area contributed by atoms with Crippen LogP contribution in [0, 0.1) is 6.57 Å². The SMILES string of the molecule is [C-]#[N+]c1ccc(-c2[nH]c(=O)n3ccnc3c2Br)cc1. The number of benzene rings is 1. The number of rotatable bonds is 1. The van der Waals surface area contributed by atoms with Gasteiger partial charge in [0.1, 0.15) is 0 Å². The van der Waals surface area contributed by atoms with Crippen LogP contribution in [-0.2, 0) is 0 Å². The number of nitrogens with one attached hydrogen (secondary N) is 1. The topological polar surface area (TPSA) is 54.5 Å². The summed E-state index contributed by atoms with van der Waals surface area (Å²) in [4.78, 5) is 22.2. The fourth-order valence-electron chi connectivity index (χ4n) is 1.87. The summed E-state index contributed by atoms with van der Waals surface area (Å²) in [6.07, 6.45) is 3.17. The molecule has 0 aliphatic rings. The van der Waals surface area contributed by atoms with Gasteiger partial charge in [0.25, 0.3) is 0 Å². The van der Waals surface area contributed by atoms with E-state index in [0.717, 1.165) is 5.56 Å². The second-order valence-electron chi connectivity index (χ2n) is 3.90. The largest absolute Gasteiger partial charge is 0.331 e. The van der Waals surface area contributed by atoms with Crippen LogP contribution in [0.3, 0.4) is 0 Å². The van der Waals surface area contributed by atoms with Crippen LogP contribution in [0.5, 0.6) is 0 Å². The maximum Gasteiger partial charge on any atom is 0.331 e. The number of fused-ring (bicyclic) bond motifs is 1. The smallest absolute Gasteiger partial charge is 0.305 e. The normalized spacial score (nSPS) is 10.5. The molecule has 0 saturated carbocycles. The summed E-state index contributed by atoms with van der Waals surface area (Å²) < 4.78 is 2.15. The molecule has 0 amide bonds. The van der Waals surface area contributed by atoms with Crippen molar-refractivity contribution in [3.8, 4) is 11.3 Å². The Kier molecular flexibility index (Phi) is 2.69. The van der Waals surface area contributed by atoms with Crippen LogP contribution in [0.2, 0.25) is 0 Å². The molecule has 0 atom stereocenters. The first-order valence-electron chi connectivity index (χ1n) is 5.43. The van der Waals surface area contributed by atoms with Gasteiger partial charge in [0.2, 0.25) is 0 Å². The van der Waals surface area contributed by atoms with Crippen LogP contribution in [0.1, 0.15) is 0 Å². The van der Waals surface area contributed by atoms with Crippen LogP contribution in [0.4, 0.5) is 5.69 Å². The van der Waals surface area contributed by atoms with Crippen LogP contribution in [0.25, 0.3) is 21.7 Å². The predicted octanol–water partition coefficient (Wildman–Crippen LogP) is 3.00. The second kappa shape index (κ2) is 4.37. The molecule has 1 N–H and O–H groups in total. The second-order valence-corrected chi connectivity index (χ2v) is 4.69. The van der Waals surface area contributed by atoms with E-state index in [1.54, 1.807) is 36.7 Å². The van der Waals surface area contributed by atoms with Crippen molar-refractivity contribution in [2.75, 3.05) is 0 Å². The highest BCUT2D eigenvalue weighted by molar-refractivity contribution is 9.10. The Balaban J connectivity index is 2.27. The summed E-state index contributed by atoms with van der Waals surface area (Å²) >= 11 is 3.45. The van der Waals surface area contributed by atoms with Crippen molar-refractivity contribution in [1.82, 2.24) is 14.4 Å². The predicted molar refractivity (Wildman–Crippen MR) is 75.2 cm³/mol. The van der Waals surface area contributed by atoms with E-state index in [1.165, 1.54) is 4.40 Å². The molecule has 3 aromatic rings. The standard InChI is InChI=1S/C13H7BrN4O/c1-15-9-4-2-8(3-5-9)11-10(14)12-16-6-7-18(12)13(19)17-11/h2-7H,(H,17,19). The fourth-order valence-corrected chi connectivity index (χ4v) is 2.49. The first-order valence-corrected chi connectivity index (χ1v) is 6.23. The number of imidazole rings is 1. The fraction of sp³-hybridized carbons (Fsp3) is 0. The molecule has 0 fully saturated rings. The number of aromatic nitrogens is 3. The number of aromatic amines is 1. The van der Waals surface area contributed by atoms with Gasteiger partial charge in [0.15, 0.2) is 11.3 Å². The zero-order chi connectivity index (χ0) is 13.4. The van der Waals surface area contributed by atoms with E-state index in [1.807, 2.05) is 0 Å². The lowest BCUT2D eigenvalue weighted by molar-refractivity contribution is 1.00. The third-order valence-electron chi connectivity index (χ3n) is 2.79. The number of halogens is 1. The summed E-state index contributed by atoms with van der Waals surface area (Å²) in [5, 5.41) is 0. The minimum absolute atomic E-state index is 0.250. The maximum atomic E-state index is 11.9. The average molecular weight is 315 g/mol. The van der Waals surface area contributed by atoms with Gasteiger partial charge >= 0.3 is 5.69 Å². The van der Waals surface area contributed by atoms with Crippen molar-refractivity contribution in [3.63, 3.8) is 0 Å². The molecule has 3 rings (SSSR count). The first kappa shape index (κ1) is 11.7. The van der Waals surface area contributed by atoms with Crippen molar-refractivity contribution in [1.29, 1.82) is 0 Å². The van der Waals surface area contributed by atoms with Gasteiger partial charge in [-0.2, -0.15) is 0 Å². The highest BCUT2D eigenvalue weighted by atomic mass is 79.9. The van der Waals surface area contributed by atoms with Crippen molar-refractivity contribution in [2.45, 2.75) is 0 Å². The highest BCUT2D eigenvalue weighted by Crippen LogP contribution is 2.29. The molecular weight excluding hydrogens is 308 g/mol. The lowest BCUT2D eigenvalue weighted by Crippen LogP contribution is -2.16. The first-order chi connectivity index (χ1) is 9.20. The maximum absolute atomic E-state index is 11.9. The van der Waals surface area contributed by atoms with Gasteiger partial charge in [-0.1, -0.05) is 24.3 Å². The van der Waals surface area contributed by atoms with Gasteiger partial charge in [0, 0.05) is 12.4 Å². The van der Waals surface area contributed by atoms with Crippen molar-refractivity contribution < 1.29 is 0 Å². The zero-order valence-corrected chi connectivity index (χ0v) is 11.2. The zero-order valence-electron chi connectivity index (χ0n) is 9.59. The van der Waals surface area contributed by atoms with Crippen LogP contribution in [0.15, 0.2) is 45.9 Å². The quantitative estimate of drug-likeness (QED) is 0.702. The summed E-state index contributed by atoms with van der Waals surface area (Å²) in [5.41, 5.74) is 2.35. The van der Waals surface area contributed by atoms with Gasteiger partial charge in [-0.05, 0) is 21.5 Å². The van der Waals surface area contributed by atoms with Crippen molar-refractivity contribution in [2.24, 2.45) is 0 Å². The van der Waals surface area contributed by atoms with Crippen LogP contribution < -0.4 is 5.69 Å². The number of hydrogen-bond acceptors (Lipinski definition) is 2. The summed E-state index contributed by atoms with van der Waals surface area (Å²) in [7, 11) is 0. The molecule has 19 heavy (non-hydrogen) atoms. The number of hydrogen-bond donors (Lipinski definition) is 1. The van der Waals surface area contributed by atoms with E-state index in [9.17, 15) is 4.79 Å². The van der Waals surface area contributed by atoms with Gasteiger partial charge < -0.3 is 4.98 Å². The van der Waals surface area contributed by atoms with E-state index in [2.05, 4.69) is 30.7 Å². The van der Waals surface area contributed by atoms with Crippen molar-refractivity contribution in [3.05, 3.63) is 63.0 Å². The molecule has 0 aliphatic carbocycles. The molecule has 0 aliphatic heterocycles. The number of nitrogens with zero attached hydrogens (tertiary/aromatic N) is 3. The molecule has 1 aromatic carbocycles. The van der Waals surface area contributed by atoms with Gasteiger partial charge in [-0.15, -0.1) is 0 Å². The van der Waals surface area contributed by atoms with Crippen LogP contribution >= 0.6 is 15.9 Å². The van der Waals surface area contributed by atoms with Gasteiger partial charge in [-0.25, -0.2) is 14.6 Å². The number of H-pyrrole nitrogens is 1. The van der Waals surface area contributed by atoms with E-state index in [-0.39, 0.29) is 5.69 Å². The molecule has 0 spiro atoms. The van der Waals surface area contributed by atoms with E-state index in [0.29, 0.717) is 21.5 Å². The molecule has 2 heterocycles. The Morgan fingerprint density at radius 2 is 2.05 bits per heavy atom. The third-order valence-corrected chi connectivity index (χ3v) is 3.54. The monoisotopic (exact) mass is 314 g/mol. The van der Waals surface area contributed by atoms with E-state index in [4.69, 9.17) is 6.57 Å². The average Bonchev–Trinajstić information content (AvgIpc) is 2.93. The lowest BCUT2D eigenvalue weighted by Gasteiger charge is -2.06. The van der Waals surface area contributed by atoms with E-state index >= 15 is 0 Å². The Bertz CT molecular complexity index is 855. The Labute approximate surface area is 116 Å². The minimum Gasteiger partial charge on any atom is -0.305 e. The van der Waals surface area contributed by atoms with E-state index < -0.39 is 0 Å². The lowest BCUT2D eigenvalue weighted by atomic mass is 10.1. The molecule has 0 radical (unpaired) electrons. The molecule has 0 bridgehead atoms. The Morgan fingerprint density at radius 3 is 2.74 bits per heavy atom. The summed E-state index contributed by atoms with van der Waals surface area (Å²) in [6.45, 7) is 6.93. The molecule has 6 heteroatoms. The summed E-state index contributed by atoms with van der Waals surface area (Å²) in [5.74, 6) is 0. The van der Waals surface area contributed by atoms with Gasteiger partial charge in [-0.3, -0.25) is 4.40 Å². The Morgan fingerprint density at radius 1 is 1.32 bits per heavy atom. The Hall–Kier alpha value is -2.39. The molecular formula is C13H7BrN4O. The molecule has 2 aromatic heterocycles. The van der Waals surface area contributed by atoms with Gasteiger partial charge in [0.05, 0.1) is 16.7 Å². The third kappa shape index (κ3) is 1.84. The minimum atomic E-state index is -0.250. The van der Waals surface area contributed by atoms with Crippen LogP contribution in [-0.4, -0.2) is 14.4 Å². The summed E-state index contributed by atoms with van der Waals surface area (Å²) in [6, 6.07) is 7.01. The molecule has 5 nitrogen and oxygen atoms in total. The molecule has 0 unspecified atom stereocenters. The highest BCUT2D eigenvalue weighted by Gasteiger charge is 2.11. The van der Waals surface area contributed by atoms with Crippen molar-refractivity contribution >= 4 is 27.3 Å². The molecule has 0 saturated heterocycles.